The molecule has 0 aromatic heterocycles. The highest BCUT2D eigenvalue weighted by molar-refractivity contribution is 5.89. The van der Waals surface area contributed by atoms with Crippen molar-refractivity contribution in [3.05, 3.63) is 42.0 Å². The van der Waals surface area contributed by atoms with Gasteiger partial charge in [0.25, 0.3) is 0 Å². The van der Waals surface area contributed by atoms with Gasteiger partial charge in [0.1, 0.15) is 5.75 Å². The lowest BCUT2D eigenvalue weighted by Crippen LogP contribution is -2.29. The smallest absolute Gasteiger partial charge is 0.304 e. The van der Waals surface area contributed by atoms with E-state index in [4.69, 9.17) is 10.5 Å². The number of benzene rings is 2. The second-order valence-corrected chi connectivity index (χ2v) is 5.18. The summed E-state index contributed by atoms with van der Waals surface area (Å²) in [6, 6.07) is 11.5. The molecule has 0 saturated heterocycles. The molecule has 0 radical (unpaired) electrons. The van der Waals surface area contributed by atoms with Crippen molar-refractivity contribution in [1.29, 1.82) is 0 Å². The number of ether oxygens (including phenoxy) is 1. The van der Waals surface area contributed by atoms with Crippen LogP contribution in [-0.2, 0) is 4.79 Å². The first-order valence-electron chi connectivity index (χ1n) is 7.11. The van der Waals surface area contributed by atoms with Crippen molar-refractivity contribution in [2.24, 2.45) is 5.73 Å². The van der Waals surface area contributed by atoms with Crippen molar-refractivity contribution < 1.29 is 14.6 Å². The summed E-state index contributed by atoms with van der Waals surface area (Å²) in [6.07, 6.45) is 0.712. The van der Waals surface area contributed by atoms with Gasteiger partial charge in [-0.25, -0.2) is 0 Å². The fourth-order valence-corrected chi connectivity index (χ4v) is 2.78. The number of rotatable bonds is 6. The molecule has 2 aromatic rings. The van der Waals surface area contributed by atoms with Crippen molar-refractivity contribution in [1.82, 2.24) is 0 Å². The molecule has 0 fully saturated rings. The van der Waals surface area contributed by atoms with E-state index in [1.807, 2.05) is 43.3 Å². The van der Waals surface area contributed by atoms with Crippen LogP contribution in [0.3, 0.4) is 0 Å². The van der Waals surface area contributed by atoms with Gasteiger partial charge in [0.2, 0.25) is 0 Å². The Morgan fingerprint density at radius 2 is 2.00 bits per heavy atom. The zero-order chi connectivity index (χ0) is 15.4. The maximum Gasteiger partial charge on any atom is 0.304 e. The fraction of sp³-hybridized carbons (Fsp3) is 0.353. The molecule has 21 heavy (non-hydrogen) atoms. The van der Waals surface area contributed by atoms with Crippen LogP contribution >= 0.6 is 0 Å². The summed E-state index contributed by atoms with van der Waals surface area (Å²) < 4.78 is 5.46. The molecule has 0 aliphatic rings. The van der Waals surface area contributed by atoms with Gasteiger partial charge in [0.15, 0.2) is 0 Å². The van der Waals surface area contributed by atoms with Gasteiger partial charge < -0.3 is 15.6 Å². The Morgan fingerprint density at radius 1 is 1.29 bits per heavy atom. The predicted molar refractivity (Wildman–Crippen MR) is 83.8 cm³/mol. The molecule has 2 rings (SSSR count). The monoisotopic (exact) mass is 287 g/mol. The number of methoxy groups -OCH3 is 1. The molecule has 3 N–H and O–H groups in total. The predicted octanol–water partition coefficient (Wildman–Crippen LogP) is 3.14. The van der Waals surface area contributed by atoms with Crippen molar-refractivity contribution in [3.8, 4) is 5.75 Å². The maximum absolute atomic E-state index is 11.2. The minimum Gasteiger partial charge on any atom is -0.496 e. The van der Waals surface area contributed by atoms with Gasteiger partial charge in [-0.2, -0.15) is 0 Å². The van der Waals surface area contributed by atoms with Crippen LogP contribution in [0.5, 0.6) is 5.75 Å². The molecule has 4 nitrogen and oxygen atoms in total. The molecule has 0 heterocycles. The van der Waals surface area contributed by atoms with E-state index in [1.165, 1.54) is 0 Å². The molecule has 0 aliphatic heterocycles. The Kier molecular flexibility index (Phi) is 4.81. The van der Waals surface area contributed by atoms with E-state index in [0.717, 1.165) is 16.3 Å². The molecule has 2 atom stereocenters. The zero-order valence-corrected chi connectivity index (χ0v) is 12.4. The van der Waals surface area contributed by atoms with Gasteiger partial charge in [0, 0.05) is 17.5 Å². The summed E-state index contributed by atoms with van der Waals surface area (Å²) in [6.45, 7) is 1.97. The summed E-state index contributed by atoms with van der Waals surface area (Å²) in [4.78, 5) is 11.2. The summed E-state index contributed by atoms with van der Waals surface area (Å²) in [5.41, 5.74) is 7.09. The highest BCUT2D eigenvalue weighted by Crippen LogP contribution is 2.37. The quantitative estimate of drug-likeness (QED) is 0.856. The minimum atomic E-state index is -0.848. The molecule has 0 bridgehead atoms. The van der Waals surface area contributed by atoms with Crippen molar-refractivity contribution >= 4 is 16.7 Å². The highest BCUT2D eigenvalue weighted by Gasteiger charge is 2.26. The SMILES string of the molecule is CCC(N)C(CC(=O)O)c1c(OC)ccc2ccccc12. The largest absolute Gasteiger partial charge is 0.496 e. The molecular formula is C17H21NO3. The number of carboxylic acids is 1. The van der Waals surface area contributed by atoms with Gasteiger partial charge in [-0.15, -0.1) is 0 Å². The molecule has 0 saturated carbocycles. The van der Waals surface area contributed by atoms with E-state index in [1.54, 1.807) is 7.11 Å². The Morgan fingerprint density at radius 3 is 2.62 bits per heavy atom. The first kappa shape index (κ1) is 15.3. The number of fused-ring (bicyclic) bond motifs is 1. The van der Waals surface area contributed by atoms with E-state index in [9.17, 15) is 9.90 Å². The normalized spacial score (nSPS) is 13.9. The zero-order valence-electron chi connectivity index (χ0n) is 12.4. The minimum absolute atomic E-state index is 0.000621. The lowest BCUT2D eigenvalue weighted by atomic mass is 9.84. The average Bonchev–Trinajstić information content (AvgIpc) is 2.50. The first-order chi connectivity index (χ1) is 10.1. The molecular weight excluding hydrogens is 266 g/mol. The lowest BCUT2D eigenvalue weighted by Gasteiger charge is -2.25. The number of hydrogen-bond donors (Lipinski definition) is 2. The Balaban J connectivity index is 2.66. The van der Waals surface area contributed by atoms with Gasteiger partial charge in [-0.1, -0.05) is 37.3 Å². The summed E-state index contributed by atoms with van der Waals surface area (Å²) in [5.74, 6) is -0.420. The van der Waals surface area contributed by atoms with Crippen LogP contribution in [0.1, 0.15) is 31.2 Å². The van der Waals surface area contributed by atoms with Crippen LogP contribution < -0.4 is 10.5 Å². The number of carboxylic acid groups (broad SMARTS) is 1. The van der Waals surface area contributed by atoms with Crippen LogP contribution in [0.4, 0.5) is 0 Å². The fourth-order valence-electron chi connectivity index (χ4n) is 2.78. The average molecular weight is 287 g/mol. The van der Waals surface area contributed by atoms with E-state index in [-0.39, 0.29) is 18.4 Å². The van der Waals surface area contributed by atoms with Crippen molar-refractivity contribution in [2.45, 2.75) is 31.7 Å². The molecule has 0 amide bonds. The third-order valence-corrected chi connectivity index (χ3v) is 3.90. The second-order valence-electron chi connectivity index (χ2n) is 5.18. The standard InChI is InChI=1S/C17H21NO3/c1-3-14(18)13(10-16(19)20)17-12-7-5-4-6-11(12)8-9-15(17)21-2/h4-9,13-14H,3,10,18H2,1-2H3,(H,19,20). The second kappa shape index (κ2) is 6.59. The highest BCUT2D eigenvalue weighted by atomic mass is 16.5. The molecule has 2 aromatic carbocycles. The third kappa shape index (κ3) is 3.16. The number of aliphatic carboxylic acids is 1. The summed E-state index contributed by atoms with van der Waals surface area (Å²) >= 11 is 0. The van der Waals surface area contributed by atoms with Crippen LogP contribution in [0.15, 0.2) is 36.4 Å². The van der Waals surface area contributed by atoms with Crippen molar-refractivity contribution in [3.63, 3.8) is 0 Å². The number of hydrogen-bond acceptors (Lipinski definition) is 3. The molecule has 0 spiro atoms. The van der Waals surface area contributed by atoms with Crippen LogP contribution in [0.2, 0.25) is 0 Å². The third-order valence-electron chi connectivity index (χ3n) is 3.90. The molecule has 112 valence electrons. The van der Waals surface area contributed by atoms with Crippen molar-refractivity contribution in [2.75, 3.05) is 7.11 Å². The van der Waals surface area contributed by atoms with Gasteiger partial charge in [-0.3, -0.25) is 4.79 Å². The van der Waals surface area contributed by atoms with E-state index < -0.39 is 5.97 Å². The van der Waals surface area contributed by atoms with Crippen LogP contribution in [0, 0.1) is 0 Å². The maximum atomic E-state index is 11.2. The molecule has 2 unspecified atom stereocenters. The van der Waals surface area contributed by atoms with Gasteiger partial charge in [-0.05, 0) is 23.3 Å². The van der Waals surface area contributed by atoms with Crippen LogP contribution in [0.25, 0.3) is 10.8 Å². The molecule has 4 heteroatoms. The first-order valence-corrected chi connectivity index (χ1v) is 7.11. The Labute approximate surface area is 124 Å². The van der Waals surface area contributed by atoms with Gasteiger partial charge >= 0.3 is 5.97 Å². The Hall–Kier alpha value is -2.07. The molecule has 0 aliphatic carbocycles. The summed E-state index contributed by atoms with van der Waals surface area (Å²) in [5, 5.41) is 11.3. The number of carbonyl (C=O) groups is 1. The lowest BCUT2D eigenvalue weighted by molar-refractivity contribution is -0.137. The summed E-state index contributed by atoms with van der Waals surface area (Å²) in [7, 11) is 1.60. The number of nitrogens with two attached hydrogens (primary N) is 1. The van der Waals surface area contributed by atoms with Crippen LogP contribution in [-0.4, -0.2) is 24.2 Å². The Bertz CT molecular complexity index is 639. The van der Waals surface area contributed by atoms with E-state index in [2.05, 4.69) is 0 Å². The van der Waals surface area contributed by atoms with E-state index in [0.29, 0.717) is 12.2 Å². The topological polar surface area (TPSA) is 72.6 Å². The van der Waals surface area contributed by atoms with Gasteiger partial charge in [0.05, 0.1) is 13.5 Å². The van der Waals surface area contributed by atoms with E-state index >= 15 is 0 Å².